The Bertz CT molecular complexity index is 1190. The van der Waals surface area contributed by atoms with Crippen LogP contribution in [0.15, 0.2) is 65.1 Å². The molecule has 0 saturated carbocycles. The van der Waals surface area contributed by atoms with E-state index >= 15 is 0 Å². The van der Waals surface area contributed by atoms with Gasteiger partial charge >= 0.3 is 0 Å². The molecule has 5 nitrogen and oxygen atoms in total. The Morgan fingerprint density at radius 3 is 2.93 bits per heavy atom. The van der Waals surface area contributed by atoms with Crippen molar-refractivity contribution in [2.24, 2.45) is 0 Å². The molecular weight excluding hydrogens is 418 g/mol. The summed E-state index contributed by atoms with van der Waals surface area (Å²) >= 11 is 7.35. The maximum Gasteiger partial charge on any atom is 0.262 e. The second kappa shape index (κ2) is 8.66. The smallest absolute Gasteiger partial charge is 0.262 e. The number of halogens is 1. The van der Waals surface area contributed by atoms with Gasteiger partial charge in [0.15, 0.2) is 5.16 Å². The Hall–Kier alpha value is -2.57. The lowest BCUT2D eigenvalue weighted by Crippen LogP contribution is -2.43. The SMILES string of the molecule is C=CCn1c(SCC(=O)N2c3ccccc3CCC2C)nc2cc(Cl)ccc2c1=O. The van der Waals surface area contributed by atoms with Crippen LogP contribution in [0.4, 0.5) is 5.69 Å². The van der Waals surface area contributed by atoms with Gasteiger partial charge in [0.1, 0.15) is 0 Å². The predicted molar refractivity (Wildman–Crippen MR) is 124 cm³/mol. The Kier molecular flexibility index (Phi) is 5.97. The minimum absolute atomic E-state index is 0.00485. The number of carbonyl (C=O) groups is 1. The van der Waals surface area contributed by atoms with Crippen molar-refractivity contribution in [3.8, 4) is 0 Å². The van der Waals surface area contributed by atoms with Crippen molar-refractivity contribution in [2.75, 3.05) is 10.7 Å². The number of carbonyl (C=O) groups excluding carboxylic acids is 1. The molecule has 0 bridgehead atoms. The van der Waals surface area contributed by atoms with E-state index in [0.29, 0.717) is 27.6 Å². The number of rotatable bonds is 5. The number of anilines is 1. The third-order valence-electron chi connectivity index (χ3n) is 5.31. The van der Waals surface area contributed by atoms with Crippen LogP contribution in [-0.4, -0.2) is 27.3 Å². The number of hydrogen-bond acceptors (Lipinski definition) is 4. The zero-order valence-electron chi connectivity index (χ0n) is 16.7. The van der Waals surface area contributed by atoms with Crippen LogP contribution >= 0.6 is 23.4 Å². The van der Waals surface area contributed by atoms with Crippen molar-refractivity contribution in [1.29, 1.82) is 0 Å². The first kappa shape index (κ1) is 20.7. The van der Waals surface area contributed by atoms with E-state index in [4.69, 9.17) is 11.6 Å². The van der Waals surface area contributed by atoms with Crippen molar-refractivity contribution in [3.05, 3.63) is 76.1 Å². The van der Waals surface area contributed by atoms with E-state index in [-0.39, 0.29) is 23.3 Å². The van der Waals surface area contributed by atoms with Gasteiger partial charge in [0.25, 0.3) is 5.56 Å². The van der Waals surface area contributed by atoms with Gasteiger partial charge in [-0.3, -0.25) is 14.2 Å². The lowest BCUT2D eigenvalue weighted by molar-refractivity contribution is -0.116. The molecule has 0 N–H and O–H groups in total. The van der Waals surface area contributed by atoms with Crippen molar-refractivity contribution in [1.82, 2.24) is 9.55 Å². The third kappa shape index (κ3) is 3.89. The number of nitrogens with zero attached hydrogens (tertiary/aromatic N) is 3. The third-order valence-corrected chi connectivity index (χ3v) is 6.51. The fourth-order valence-corrected chi connectivity index (χ4v) is 4.87. The molecule has 1 amide bonds. The Morgan fingerprint density at radius 2 is 2.13 bits per heavy atom. The van der Waals surface area contributed by atoms with Gasteiger partial charge in [-0.1, -0.05) is 47.6 Å². The molecule has 1 unspecified atom stereocenters. The Balaban J connectivity index is 1.65. The first-order valence-electron chi connectivity index (χ1n) is 9.83. The minimum atomic E-state index is -0.164. The molecule has 3 aromatic rings. The van der Waals surface area contributed by atoms with Gasteiger partial charge in [-0.2, -0.15) is 0 Å². The number of para-hydroxylation sites is 1. The number of hydrogen-bond donors (Lipinski definition) is 0. The summed E-state index contributed by atoms with van der Waals surface area (Å²) in [6.45, 7) is 6.14. The Labute approximate surface area is 184 Å². The first-order chi connectivity index (χ1) is 14.5. The molecular formula is C23H22ClN3O2S. The summed E-state index contributed by atoms with van der Waals surface area (Å²) in [6.07, 6.45) is 3.56. The lowest BCUT2D eigenvalue weighted by Gasteiger charge is -2.35. The van der Waals surface area contributed by atoms with E-state index in [2.05, 4.69) is 24.6 Å². The maximum absolute atomic E-state index is 13.2. The molecule has 2 aromatic carbocycles. The van der Waals surface area contributed by atoms with Gasteiger partial charge in [-0.25, -0.2) is 4.98 Å². The van der Waals surface area contributed by atoms with Gasteiger partial charge in [0.2, 0.25) is 5.91 Å². The van der Waals surface area contributed by atoms with Gasteiger partial charge in [-0.05, 0) is 49.6 Å². The lowest BCUT2D eigenvalue weighted by atomic mass is 9.97. The molecule has 1 aliphatic rings. The topological polar surface area (TPSA) is 55.2 Å². The molecule has 1 aliphatic heterocycles. The Morgan fingerprint density at radius 1 is 1.33 bits per heavy atom. The largest absolute Gasteiger partial charge is 0.309 e. The predicted octanol–water partition coefficient (Wildman–Crippen LogP) is 4.70. The highest BCUT2D eigenvalue weighted by Crippen LogP contribution is 2.31. The molecule has 0 radical (unpaired) electrons. The van der Waals surface area contributed by atoms with Gasteiger partial charge < -0.3 is 4.90 Å². The molecule has 154 valence electrons. The highest BCUT2D eigenvalue weighted by atomic mass is 35.5. The number of amides is 1. The summed E-state index contributed by atoms with van der Waals surface area (Å²) in [5.74, 6) is 0.194. The molecule has 1 aromatic heterocycles. The van der Waals surface area contributed by atoms with Crippen molar-refractivity contribution in [2.45, 2.75) is 37.5 Å². The second-order valence-electron chi connectivity index (χ2n) is 7.33. The molecule has 7 heteroatoms. The summed E-state index contributed by atoms with van der Waals surface area (Å²) in [7, 11) is 0. The standard InChI is InChI=1S/C23H22ClN3O2S/c1-3-12-26-22(29)18-11-10-17(24)13-19(18)25-23(26)30-14-21(28)27-15(2)8-9-16-6-4-5-7-20(16)27/h3-7,10-11,13,15H,1,8-9,12,14H2,2H3. The van der Waals surface area contributed by atoms with Crippen LogP contribution in [0.1, 0.15) is 18.9 Å². The van der Waals surface area contributed by atoms with E-state index < -0.39 is 0 Å². The molecule has 0 saturated heterocycles. The zero-order chi connectivity index (χ0) is 21.3. The summed E-state index contributed by atoms with van der Waals surface area (Å²) in [5, 5.41) is 1.50. The highest BCUT2D eigenvalue weighted by molar-refractivity contribution is 7.99. The highest BCUT2D eigenvalue weighted by Gasteiger charge is 2.28. The van der Waals surface area contributed by atoms with Crippen molar-refractivity contribution >= 4 is 45.9 Å². The normalized spacial score (nSPS) is 15.8. The van der Waals surface area contributed by atoms with Crippen LogP contribution in [-0.2, 0) is 17.8 Å². The number of aromatic nitrogens is 2. The van der Waals surface area contributed by atoms with E-state index in [1.165, 1.54) is 17.3 Å². The number of fused-ring (bicyclic) bond motifs is 2. The van der Waals surface area contributed by atoms with Gasteiger partial charge in [0, 0.05) is 23.3 Å². The summed E-state index contributed by atoms with van der Waals surface area (Å²) in [6, 6.07) is 13.2. The molecule has 30 heavy (non-hydrogen) atoms. The quantitative estimate of drug-likeness (QED) is 0.328. The molecule has 2 heterocycles. The van der Waals surface area contributed by atoms with Crippen LogP contribution in [0.3, 0.4) is 0 Å². The fraction of sp³-hybridized carbons (Fsp3) is 0.261. The zero-order valence-corrected chi connectivity index (χ0v) is 18.2. The van der Waals surface area contributed by atoms with Crippen molar-refractivity contribution in [3.63, 3.8) is 0 Å². The minimum Gasteiger partial charge on any atom is -0.309 e. The molecule has 0 spiro atoms. The van der Waals surface area contributed by atoms with E-state index in [0.717, 1.165) is 18.5 Å². The van der Waals surface area contributed by atoms with Crippen LogP contribution < -0.4 is 10.5 Å². The van der Waals surface area contributed by atoms with E-state index in [1.54, 1.807) is 28.8 Å². The molecule has 0 fully saturated rings. The second-order valence-corrected chi connectivity index (χ2v) is 8.71. The fourth-order valence-electron chi connectivity index (χ4n) is 3.84. The summed E-state index contributed by atoms with van der Waals surface area (Å²) in [5.41, 5.74) is 2.53. The van der Waals surface area contributed by atoms with Crippen molar-refractivity contribution < 1.29 is 4.79 Å². The van der Waals surface area contributed by atoms with E-state index in [9.17, 15) is 9.59 Å². The molecule has 4 rings (SSSR count). The maximum atomic E-state index is 13.2. The number of allylic oxidation sites excluding steroid dienone is 1. The number of thioether (sulfide) groups is 1. The number of aryl methyl sites for hydroxylation is 1. The summed E-state index contributed by atoms with van der Waals surface area (Å²) in [4.78, 5) is 32.6. The van der Waals surface area contributed by atoms with Crippen LogP contribution in [0.5, 0.6) is 0 Å². The van der Waals surface area contributed by atoms with Crippen LogP contribution in [0, 0.1) is 0 Å². The van der Waals surface area contributed by atoms with E-state index in [1.807, 2.05) is 23.1 Å². The number of benzene rings is 2. The molecule has 1 atom stereocenters. The van der Waals surface area contributed by atoms with Gasteiger partial charge in [0.05, 0.1) is 16.7 Å². The average molecular weight is 440 g/mol. The average Bonchev–Trinajstić information content (AvgIpc) is 2.74. The molecule has 0 aliphatic carbocycles. The summed E-state index contributed by atoms with van der Waals surface area (Å²) < 4.78 is 1.55. The first-order valence-corrected chi connectivity index (χ1v) is 11.2. The van der Waals surface area contributed by atoms with Gasteiger partial charge in [-0.15, -0.1) is 6.58 Å². The van der Waals surface area contributed by atoms with Crippen LogP contribution in [0.2, 0.25) is 5.02 Å². The van der Waals surface area contributed by atoms with Crippen LogP contribution in [0.25, 0.3) is 10.9 Å². The monoisotopic (exact) mass is 439 g/mol.